The Morgan fingerprint density at radius 2 is 2.10 bits per heavy atom. The Bertz CT molecular complexity index is 1170. The lowest BCUT2D eigenvalue weighted by Crippen LogP contribution is -2.29. The molecule has 0 saturated carbocycles. The summed E-state index contributed by atoms with van der Waals surface area (Å²) in [5.41, 5.74) is 1.77. The third-order valence-electron chi connectivity index (χ3n) is 5.29. The smallest absolute Gasteiger partial charge is 0.339 e. The first-order valence-electron chi connectivity index (χ1n) is 9.62. The number of amides is 1. The van der Waals surface area contributed by atoms with Crippen LogP contribution in [0.25, 0.3) is 11.0 Å². The topological polar surface area (TPSA) is 121 Å². The fourth-order valence-corrected chi connectivity index (χ4v) is 3.74. The number of rotatable bonds is 6. The molecule has 4 N–H and O–H groups in total. The molecule has 8 heteroatoms. The average molecular weight is 410 g/mol. The quantitative estimate of drug-likeness (QED) is 0.461. The van der Waals surface area contributed by atoms with Crippen molar-refractivity contribution in [3.8, 4) is 17.2 Å². The maximum atomic E-state index is 12.3. The van der Waals surface area contributed by atoms with E-state index in [4.69, 9.17) is 9.15 Å². The van der Waals surface area contributed by atoms with Crippen molar-refractivity contribution >= 4 is 22.6 Å². The van der Waals surface area contributed by atoms with Crippen LogP contribution in [0.4, 0.5) is 5.69 Å². The van der Waals surface area contributed by atoms with Gasteiger partial charge in [-0.1, -0.05) is 6.07 Å². The summed E-state index contributed by atoms with van der Waals surface area (Å²) in [4.78, 5) is 24.5. The van der Waals surface area contributed by atoms with Gasteiger partial charge >= 0.3 is 5.63 Å². The lowest BCUT2D eigenvalue weighted by Gasteiger charge is -2.11. The molecule has 2 aromatic carbocycles. The van der Waals surface area contributed by atoms with Gasteiger partial charge in [0, 0.05) is 48.5 Å². The van der Waals surface area contributed by atoms with Crippen LogP contribution < -0.4 is 21.0 Å². The number of aromatic hydroxyl groups is 2. The first kappa shape index (κ1) is 19.6. The normalized spacial score (nSPS) is 14.9. The van der Waals surface area contributed by atoms with Crippen molar-refractivity contribution in [2.24, 2.45) is 0 Å². The Labute approximate surface area is 172 Å². The predicted molar refractivity (Wildman–Crippen MR) is 111 cm³/mol. The standard InChI is InChI=1S/C22H22N2O6/c1-29-15-2-3-16-12(11-24-18(16)10-15)4-5-23-21(27)7-13-6-17-19(26)8-14(25)9-20(17)30-22(13)28/h2-3,6,8-10,12,24-26H,4-5,7,11H2,1H3,(H,23,27). The molecule has 1 aliphatic rings. The second kappa shape index (κ2) is 7.98. The maximum Gasteiger partial charge on any atom is 0.339 e. The van der Waals surface area contributed by atoms with E-state index in [1.807, 2.05) is 18.2 Å². The third-order valence-corrected chi connectivity index (χ3v) is 5.29. The van der Waals surface area contributed by atoms with Gasteiger partial charge in [-0.15, -0.1) is 0 Å². The van der Waals surface area contributed by atoms with E-state index in [1.165, 1.54) is 17.7 Å². The molecular formula is C22H22N2O6. The number of nitrogens with one attached hydrogen (secondary N) is 2. The van der Waals surface area contributed by atoms with Gasteiger partial charge in [0.1, 0.15) is 22.8 Å². The molecule has 4 rings (SSSR count). The maximum absolute atomic E-state index is 12.3. The number of anilines is 1. The van der Waals surface area contributed by atoms with Gasteiger partial charge in [0.05, 0.1) is 18.9 Å². The number of carbonyl (C=O) groups is 1. The molecule has 3 aromatic rings. The molecule has 8 nitrogen and oxygen atoms in total. The number of fused-ring (bicyclic) bond motifs is 2. The average Bonchev–Trinajstić information content (AvgIpc) is 3.11. The molecule has 1 aromatic heterocycles. The van der Waals surface area contributed by atoms with E-state index in [0.717, 1.165) is 30.5 Å². The monoisotopic (exact) mass is 410 g/mol. The van der Waals surface area contributed by atoms with Gasteiger partial charge in [-0.3, -0.25) is 4.79 Å². The van der Waals surface area contributed by atoms with E-state index in [0.29, 0.717) is 6.54 Å². The number of hydrogen-bond acceptors (Lipinski definition) is 7. The number of phenols is 2. The predicted octanol–water partition coefficient (Wildman–Crippen LogP) is 2.47. The molecule has 0 spiro atoms. The lowest BCUT2D eigenvalue weighted by atomic mass is 9.98. The molecule has 30 heavy (non-hydrogen) atoms. The lowest BCUT2D eigenvalue weighted by molar-refractivity contribution is -0.120. The summed E-state index contributed by atoms with van der Waals surface area (Å²) < 4.78 is 10.4. The van der Waals surface area contributed by atoms with Gasteiger partial charge in [0.15, 0.2) is 0 Å². The van der Waals surface area contributed by atoms with E-state index in [1.54, 1.807) is 7.11 Å². The number of carbonyl (C=O) groups excluding carboxylic acids is 1. The van der Waals surface area contributed by atoms with Gasteiger partial charge in [0.25, 0.3) is 0 Å². The molecule has 2 heterocycles. The molecule has 0 aliphatic carbocycles. The molecule has 1 unspecified atom stereocenters. The Morgan fingerprint density at radius 1 is 1.27 bits per heavy atom. The number of ether oxygens (including phenoxy) is 1. The van der Waals surface area contributed by atoms with Crippen LogP contribution in [-0.2, 0) is 11.2 Å². The number of methoxy groups -OCH3 is 1. The SMILES string of the molecule is COc1ccc2c(c1)NCC2CCNC(=O)Cc1cc2c(O)cc(O)cc2oc1=O. The van der Waals surface area contributed by atoms with Crippen LogP contribution in [0, 0.1) is 0 Å². The zero-order valence-electron chi connectivity index (χ0n) is 16.4. The largest absolute Gasteiger partial charge is 0.508 e. The number of hydrogen-bond donors (Lipinski definition) is 4. The van der Waals surface area contributed by atoms with Crippen molar-refractivity contribution < 1.29 is 24.2 Å². The van der Waals surface area contributed by atoms with Crippen molar-refractivity contribution in [3.63, 3.8) is 0 Å². The molecule has 0 fully saturated rings. The van der Waals surface area contributed by atoms with Gasteiger partial charge in [-0.05, 0) is 24.1 Å². The summed E-state index contributed by atoms with van der Waals surface area (Å²) in [6.07, 6.45) is 0.597. The van der Waals surface area contributed by atoms with Gasteiger partial charge in [-0.25, -0.2) is 4.79 Å². The molecular weight excluding hydrogens is 388 g/mol. The number of benzene rings is 2. The molecule has 1 aliphatic heterocycles. The molecule has 1 atom stereocenters. The summed E-state index contributed by atoms with van der Waals surface area (Å²) in [5, 5.41) is 25.9. The van der Waals surface area contributed by atoms with Gasteiger partial charge in [0.2, 0.25) is 5.91 Å². The van der Waals surface area contributed by atoms with Gasteiger partial charge < -0.3 is 30.0 Å². The highest BCUT2D eigenvalue weighted by Crippen LogP contribution is 2.35. The minimum absolute atomic E-state index is 0.0608. The van der Waals surface area contributed by atoms with E-state index in [2.05, 4.69) is 10.6 Å². The van der Waals surface area contributed by atoms with Crippen LogP contribution in [0.1, 0.15) is 23.5 Å². The molecule has 0 radical (unpaired) electrons. The van der Waals surface area contributed by atoms with Crippen LogP contribution in [-0.4, -0.2) is 36.3 Å². The summed E-state index contributed by atoms with van der Waals surface area (Å²) >= 11 is 0. The fourth-order valence-electron chi connectivity index (χ4n) is 3.74. The Balaban J connectivity index is 1.37. The second-order valence-corrected chi connectivity index (χ2v) is 7.28. The van der Waals surface area contributed by atoms with Gasteiger partial charge in [-0.2, -0.15) is 0 Å². The summed E-state index contributed by atoms with van der Waals surface area (Å²) in [5.74, 6) is 0.336. The van der Waals surface area contributed by atoms with E-state index in [-0.39, 0.29) is 46.3 Å². The van der Waals surface area contributed by atoms with Crippen LogP contribution in [0.2, 0.25) is 0 Å². The van der Waals surface area contributed by atoms with E-state index >= 15 is 0 Å². The van der Waals surface area contributed by atoms with E-state index < -0.39 is 5.63 Å². The Kier molecular flexibility index (Phi) is 5.22. The van der Waals surface area contributed by atoms with Crippen molar-refractivity contribution in [2.75, 3.05) is 25.5 Å². The van der Waals surface area contributed by atoms with Crippen molar-refractivity contribution in [2.45, 2.75) is 18.8 Å². The van der Waals surface area contributed by atoms with Crippen molar-refractivity contribution in [3.05, 3.63) is 57.9 Å². The molecule has 1 amide bonds. The minimum Gasteiger partial charge on any atom is -0.508 e. The highest BCUT2D eigenvalue weighted by Gasteiger charge is 2.22. The summed E-state index contributed by atoms with van der Waals surface area (Å²) in [6, 6.07) is 9.72. The highest BCUT2D eigenvalue weighted by molar-refractivity contribution is 5.86. The zero-order valence-corrected chi connectivity index (χ0v) is 16.4. The summed E-state index contributed by atoms with van der Waals surface area (Å²) in [7, 11) is 1.63. The summed E-state index contributed by atoms with van der Waals surface area (Å²) in [6.45, 7) is 1.26. The zero-order chi connectivity index (χ0) is 21.3. The third kappa shape index (κ3) is 3.89. The fraction of sp³-hybridized carbons (Fsp3) is 0.273. The van der Waals surface area contributed by atoms with E-state index in [9.17, 15) is 19.8 Å². The molecule has 156 valence electrons. The van der Waals surface area contributed by atoms with Crippen molar-refractivity contribution in [1.82, 2.24) is 5.32 Å². The van der Waals surface area contributed by atoms with Crippen LogP contribution in [0.15, 0.2) is 45.6 Å². The van der Waals surface area contributed by atoms with Crippen LogP contribution >= 0.6 is 0 Å². The second-order valence-electron chi connectivity index (χ2n) is 7.28. The first-order valence-corrected chi connectivity index (χ1v) is 9.62. The van der Waals surface area contributed by atoms with Crippen LogP contribution in [0.5, 0.6) is 17.2 Å². The number of phenolic OH excluding ortho intramolecular Hbond substituents is 2. The molecule has 0 bridgehead atoms. The Hall–Kier alpha value is -3.68. The van der Waals surface area contributed by atoms with Crippen LogP contribution in [0.3, 0.4) is 0 Å². The first-order chi connectivity index (χ1) is 14.4. The Morgan fingerprint density at radius 3 is 2.90 bits per heavy atom. The highest BCUT2D eigenvalue weighted by atomic mass is 16.5. The van der Waals surface area contributed by atoms with Crippen molar-refractivity contribution in [1.29, 1.82) is 0 Å². The minimum atomic E-state index is -0.675. The molecule has 0 saturated heterocycles.